The van der Waals surface area contributed by atoms with E-state index in [0.29, 0.717) is 10.7 Å². The lowest BCUT2D eigenvalue weighted by Gasteiger charge is -2.15. The molecule has 5 heteroatoms. The van der Waals surface area contributed by atoms with Gasteiger partial charge in [0.2, 0.25) is 5.60 Å². The molecule has 0 N–H and O–H groups in total. The first-order chi connectivity index (χ1) is 8.37. The van der Waals surface area contributed by atoms with Crippen LogP contribution in [-0.4, -0.2) is 17.6 Å². The van der Waals surface area contributed by atoms with E-state index in [9.17, 15) is 9.59 Å². The van der Waals surface area contributed by atoms with E-state index in [1.54, 1.807) is 18.2 Å². The van der Waals surface area contributed by atoms with E-state index in [1.807, 2.05) is 6.92 Å². The van der Waals surface area contributed by atoms with Gasteiger partial charge < -0.3 is 4.74 Å². The van der Waals surface area contributed by atoms with Gasteiger partial charge in [0.05, 0.1) is 5.69 Å². The quantitative estimate of drug-likeness (QED) is 0.772. The van der Waals surface area contributed by atoms with E-state index >= 15 is 0 Å². The summed E-state index contributed by atoms with van der Waals surface area (Å²) in [7, 11) is 0. The van der Waals surface area contributed by atoms with Crippen molar-refractivity contribution in [2.45, 2.75) is 19.4 Å². The smallest absolute Gasteiger partial charge is 0.422 e. The van der Waals surface area contributed by atoms with Gasteiger partial charge in [-0.1, -0.05) is 18.2 Å². The Morgan fingerprint density at radius 2 is 2.06 bits per heavy atom. The van der Waals surface area contributed by atoms with Gasteiger partial charge in [-0.25, -0.2) is 9.69 Å². The Morgan fingerprint density at radius 3 is 2.56 bits per heavy atom. The minimum absolute atomic E-state index is 0.403. The minimum atomic E-state index is -1.31. The van der Waals surface area contributed by atoms with Crippen LogP contribution < -0.4 is 4.90 Å². The second-order valence-corrected chi connectivity index (χ2v) is 4.74. The van der Waals surface area contributed by atoms with E-state index < -0.39 is 17.6 Å². The molecule has 1 unspecified atom stereocenters. The molecule has 18 heavy (non-hydrogen) atoms. The summed E-state index contributed by atoms with van der Waals surface area (Å²) in [6.45, 7) is 6.84. The van der Waals surface area contributed by atoms with Crippen molar-refractivity contribution in [1.82, 2.24) is 0 Å². The summed E-state index contributed by atoms with van der Waals surface area (Å²) in [5.74, 6) is -0.468. The molecule has 1 aliphatic heterocycles. The molecule has 1 saturated heterocycles. The van der Waals surface area contributed by atoms with E-state index in [-0.39, 0.29) is 0 Å². The average Bonchev–Trinajstić information content (AvgIpc) is 2.49. The molecule has 0 saturated carbocycles. The number of imide groups is 1. The van der Waals surface area contributed by atoms with Gasteiger partial charge in [-0.3, -0.25) is 4.79 Å². The molecular weight excluding hydrogens is 254 g/mol. The SMILES string of the molecule is C=CC1(C)OC(=O)N(c2cc(C)cc(Cl)c2)C1=O. The van der Waals surface area contributed by atoms with Gasteiger partial charge in [-0.2, -0.15) is 0 Å². The van der Waals surface area contributed by atoms with Crippen molar-refractivity contribution in [3.05, 3.63) is 41.4 Å². The molecule has 1 heterocycles. The molecule has 1 aromatic carbocycles. The lowest BCUT2D eigenvalue weighted by Crippen LogP contribution is -2.37. The summed E-state index contributed by atoms with van der Waals surface area (Å²) in [5, 5.41) is 0.456. The Balaban J connectivity index is 2.48. The maximum Gasteiger partial charge on any atom is 0.422 e. The van der Waals surface area contributed by atoms with Crippen LogP contribution in [0.25, 0.3) is 0 Å². The molecule has 1 atom stereocenters. The van der Waals surface area contributed by atoms with Gasteiger partial charge in [0.25, 0.3) is 5.91 Å². The van der Waals surface area contributed by atoms with Crippen LogP contribution in [0.1, 0.15) is 12.5 Å². The Bertz CT molecular complexity index is 535. The fourth-order valence-electron chi connectivity index (χ4n) is 1.77. The lowest BCUT2D eigenvalue weighted by molar-refractivity contribution is -0.125. The van der Waals surface area contributed by atoms with Gasteiger partial charge in [-0.05, 0) is 43.7 Å². The van der Waals surface area contributed by atoms with Crippen LogP contribution in [0.2, 0.25) is 5.02 Å². The topological polar surface area (TPSA) is 46.6 Å². The highest BCUT2D eigenvalue weighted by atomic mass is 35.5. The number of hydrogen-bond donors (Lipinski definition) is 0. The highest BCUT2D eigenvalue weighted by Crippen LogP contribution is 2.32. The van der Waals surface area contributed by atoms with Crippen LogP contribution in [-0.2, 0) is 9.53 Å². The molecular formula is C13H12ClNO3. The predicted molar refractivity (Wildman–Crippen MR) is 68.8 cm³/mol. The third kappa shape index (κ3) is 1.88. The number of nitrogens with zero attached hydrogens (tertiary/aromatic N) is 1. The molecule has 2 amide bonds. The maximum atomic E-state index is 12.2. The zero-order valence-corrected chi connectivity index (χ0v) is 10.8. The molecule has 1 aromatic rings. The highest BCUT2D eigenvalue weighted by molar-refractivity contribution is 6.31. The third-order valence-electron chi connectivity index (χ3n) is 2.78. The summed E-state index contributed by atoms with van der Waals surface area (Å²) in [6.07, 6.45) is 0.592. The number of aryl methyl sites for hydroxylation is 1. The number of benzene rings is 1. The molecule has 0 bridgehead atoms. The summed E-state index contributed by atoms with van der Waals surface area (Å²) in [4.78, 5) is 24.9. The van der Waals surface area contributed by atoms with Gasteiger partial charge in [0.1, 0.15) is 0 Å². The van der Waals surface area contributed by atoms with Crippen molar-refractivity contribution in [3.63, 3.8) is 0 Å². The summed E-state index contributed by atoms with van der Waals surface area (Å²) in [6, 6.07) is 4.98. The molecule has 0 spiro atoms. The van der Waals surface area contributed by atoms with Crippen LogP contribution in [0.15, 0.2) is 30.9 Å². The first-order valence-corrected chi connectivity index (χ1v) is 5.73. The monoisotopic (exact) mass is 265 g/mol. The van der Waals surface area contributed by atoms with Crippen LogP contribution in [0.3, 0.4) is 0 Å². The number of hydrogen-bond acceptors (Lipinski definition) is 3. The summed E-state index contributed by atoms with van der Waals surface area (Å²) >= 11 is 5.92. The number of anilines is 1. The standard InChI is InChI=1S/C13H12ClNO3/c1-4-13(3)11(16)15(12(17)18-13)10-6-8(2)5-9(14)7-10/h4-7H,1H2,2-3H3. The number of carbonyl (C=O) groups excluding carboxylic acids is 2. The molecule has 0 aromatic heterocycles. The average molecular weight is 266 g/mol. The maximum absolute atomic E-state index is 12.2. The van der Waals surface area contributed by atoms with E-state index in [4.69, 9.17) is 16.3 Å². The van der Waals surface area contributed by atoms with Gasteiger partial charge in [-0.15, -0.1) is 0 Å². The van der Waals surface area contributed by atoms with E-state index in [0.717, 1.165) is 10.5 Å². The highest BCUT2D eigenvalue weighted by Gasteiger charge is 2.49. The van der Waals surface area contributed by atoms with E-state index in [1.165, 1.54) is 13.0 Å². The first kappa shape index (κ1) is 12.6. The zero-order chi connectivity index (χ0) is 13.5. The normalized spacial score (nSPS) is 23.2. The molecule has 1 aliphatic rings. The van der Waals surface area contributed by atoms with Crippen molar-refractivity contribution < 1.29 is 14.3 Å². The second-order valence-electron chi connectivity index (χ2n) is 4.31. The number of amides is 2. The fourth-order valence-corrected chi connectivity index (χ4v) is 2.06. The molecule has 2 rings (SSSR count). The van der Waals surface area contributed by atoms with Crippen LogP contribution in [0.5, 0.6) is 0 Å². The number of cyclic esters (lactones) is 1. The molecule has 0 aliphatic carbocycles. The Morgan fingerprint density at radius 1 is 1.39 bits per heavy atom. The molecule has 4 nitrogen and oxygen atoms in total. The Labute approximate surface area is 110 Å². The van der Waals surface area contributed by atoms with Crippen molar-refractivity contribution >= 4 is 29.3 Å². The van der Waals surface area contributed by atoms with Crippen LogP contribution >= 0.6 is 11.6 Å². The number of carbonyl (C=O) groups is 2. The van der Waals surface area contributed by atoms with Crippen molar-refractivity contribution in [2.75, 3.05) is 4.90 Å². The number of rotatable bonds is 2. The van der Waals surface area contributed by atoms with Crippen LogP contribution in [0, 0.1) is 6.92 Å². The van der Waals surface area contributed by atoms with Gasteiger partial charge in [0.15, 0.2) is 0 Å². The molecule has 0 radical (unpaired) electrons. The second kappa shape index (κ2) is 4.14. The van der Waals surface area contributed by atoms with Crippen LogP contribution in [0.4, 0.5) is 10.5 Å². The molecule has 94 valence electrons. The lowest BCUT2D eigenvalue weighted by atomic mass is 10.1. The van der Waals surface area contributed by atoms with Crippen molar-refractivity contribution in [2.24, 2.45) is 0 Å². The number of ether oxygens (including phenoxy) is 1. The molecule has 1 fully saturated rings. The Kier molecular flexibility index (Phi) is 2.91. The Hall–Kier alpha value is -1.81. The van der Waals surface area contributed by atoms with Gasteiger partial charge >= 0.3 is 6.09 Å². The third-order valence-corrected chi connectivity index (χ3v) is 3.00. The minimum Gasteiger partial charge on any atom is -0.428 e. The largest absolute Gasteiger partial charge is 0.428 e. The summed E-state index contributed by atoms with van der Waals surface area (Å²) < 4.78 is 5.03. The van der Waals surface area contributed by atoms with E-state index in [2.05, 4.69) is 6.58 Å². The van der Waals surface area contributed by atoms with Crippen molar-refractivity contribution in [3.8, 4) is 0 Å². The first-order valence-electron chi connectivity index (χ1n) is 5.36. The van der Waals surface area contributed by atoms with Crippen molar-refractivity contribution in [1.29, 1.82) is 0 Å². The zero-order valence-electron chi connectivity index (χ0n) is 10.1. The van der Waals surface area contributed by atoms with Gasteiger partial charge in [0, 0.05) is 5.02 Å². The summed E-state index contributed by atoms with van der Waals surface area (Å²) in [5.41, 5.74) is -0.0568. The fraction of sp³-hybridized carbons (Fsp3) is 0.231. The number of halogens is 1. The predicted octanol–water partition coefficient (Wildman–Crippen LogP) is 3.08.